The molecule has 0 spiro atoms. The third kappa shape index (κ3) is 3.02. The summed E-state index contributed by atoms with van der Waals surface area (Å²) in [5, 5.41) is 7.57. The number of fused-ring (bicyclic) bond motifs is 1. The van der Waals surface area contributed by atoms with Crippen molar-refractivity contribution in [3.63, 3.8) is 0 Å². The third-order valence-electron chi connectivity index (χ3n) is 4.59. The molecule has 3 aromatic rings. The Morgan fingerprint density at radius 2 is 1.68 bits per heavy atom. The number of nitrogens with zero attached hydrogens (tertiary/aromatic N) is 3. The van der Waals surface area contributed by atoms with Crippen LogP contribution in [-0.4, -0.2) is 36.1 Å². The number of ether oxygens (including phenoxy) is 3. The molecule has 0 radical (unpaired) electrons. The van der Waals surface area contributed by atoms with Gasteiger partial charge in [-0.1, -0.05) is 0 Å². The van der Waals surface area contributed by atoms with Gasteiger partial charge in [-0.2, -0.15) is 10.1 Å². The normalized spacial score (nSPS) is 15.3. The molecule has 1 N–H and O–H groups in total. The second-order valence-corrected chi connectivity index (χ2v) is 6.14. The Labute approximate surface area is 161 Å². The van der Waals surface area contributed by atoms with Gasteiger partial charge in [-0.15, -0.1) is 0 Å². The Bertz CT molecular complexity index is 1010. The van der Waals surface area contributed by atoms with Crippen molar-refractivity contribution in [2.75, 3.05) is 26.6 Å². The molecule has 0 saturated heterocycles. The summed E-state index contributed by atoms with van der Waals surface area (Å²) in [6.45, 7) is 0. The number of methoxy groups -OCH3 is 3. The zero-order valence-electron chi connectivity index (χ0n) is 15.6. The molecule has 2 heterocycles. The summed E-state index contributed by atoms with van der Waals surface area (Å²) in [5.74, 6) is 1.91. The average Bonchev–Trinajstić information content (AvgIpc) is 3.21. The summed E-state index contributed by atoms with van der Waals surface area (Å²) in [6.07, 6.45) is 3.48. The third-order valence-corrected chi connectivity index (χ3v) is 4.59. The molecule has 1 aromatic heterocycles. The van der Waals surface area contributed by atoms with Gasteiger partial charge in [-0.05, 0) is 53.6 Å². The molecule has 1 atom stereocenters. The van der Waals surface area contributed by atoms with E-state index in [-0.39, 0.29) is 11.9 Å². The average molecular weight is 382 g/mol. The summed E-state index contributed by atoms with van der Waals surface area (Å²) >= 11 is 0. The molecule has 1 aliphatic rings. The van der Waals surface area contributed by atoms with E-state index in [0.717, 1.165) is 16.8 Å². The number of aromatic nitrogens is 3. The highest BCUT2D eigenvalue weighted by Crippen LogP contribution is 2.42. The lowest BCUT2D eigenvalue weighted by molar-refractivity contribution is 0.323. The smallest absolute Gasteiger partial charge is 0.226 e. The topological polar surface area (TPSA) is 70.4 Å². The first-order valence-corrected chi connectivity index (χ1v) is 8.58. The van der Waals surface area contributed by atoms with Crippen LogP contribution < -0.4 is 19.5 Å². The zero-order chi connectivity index (χ0) is 19.7. The van der Waals surface area contributed by atoms with Crippen LogP contribution >= 0.6 is 0 Å². The summed E-state index contributed by atoms with van der Waals surface area (Å²) in [7, 11) is 4.71. The molecule has 28 heavy (non-hydrogen) atoms. The number of nitrogens with one attached hydrogen (secondary N) is 1. The number of rotatable bonds is 5. The van der Waals surface area contributed by atoms with E-state index in [1.807, 2.05) is 18.2 Å². The van der Waals surface area contributed by atoms with Gasteiger partial charge in [0.1, 0.15) is 18.2 Å². The van der Waals surface area contributed by atoms with Crippen LogP contribution in [0.3, 0.4) is 0 Å². The van der Waals surface area contributed by atoms with Crippen molar-refractivity contribution in [1.82, 2.24) is 14.8 Å². The summed E-state index contributed by atoms with van der Waals surface area (Å²) in [4.78, 5) is 4.28. The lowest BCUT2D eigenvalue weighted by Crippen LogP contribution is -2.20. The molecule has 0 unspecified atom stereocenters. The largest absolute Gasteiger partial charge is 0.493 e. The molecule has 0 amide bonds. The van der Waals surface area contributed by atoms with Crippen molar-refractivity contribution in [2.24, 2.45) is 0 Å². The van der Waals surface area contributed by atoms with E-state index in [0.29, 0.717) is 23.2 Å². The molecule has 2 aromatic carbocycles. The molecule has 8 heteroatoms. The van der Waals surface area contributed by atoms with Crippen LogP contribution in [0.15, 0.2) is 48.8 Å². The molecule has 7 nitrogen and oxygen atoms in total. The first-order valence-electron chi connectivity index (χ1n) is 8.58. The molecular formula is C20H19FN4O3. The van der Waals surface area contributed by atoms with Crippen LogP contribution in [0.5, 0.6) is 17.2 Å². The van der Waals surface area contributed by atoms with Crippen molar-refractivity contribution in [3.8, 4) is 17.2 Å². The molecule has 0 aliphatic carbocycles. The number of allylic oxidation sites excluding steroid dienone is 1. The van der Waals surface area contributed by atoms with Gasteiger partial charge < -0.3 is 19.5 Å². The van der Waals surface area contributed by atoms with Gasteiger partial charge in [-0.3, -0.25) is 0 Å². The van der Waals surface area contributed by atoms with Gasteiger partial charge in [0.15, 0.2) is 11.5 Å². The van der Waals surface area contributed by atoms with E-state index >= 15 is 0 Å². The molecule has 0 fully saturated rings. The maximum atomic E-state index is 13.3. The van der Waals surface area contributed by atoms with Crippen LogP contribution in [0, 0.1) is 5.82 Å². The minimum Gasteiger partial charge on any atom is -0.493 e. The van der Waals surface area contributed by atoms with Crippen LogP contribution in [0.25, 0.3) is 5.70 Å². The molecule has 4 rings (SSSR count). The molecule has 1 aliphatic heterocycles. The molecular weight excluding hydrogens is 363 g/mol. The Morgan fingerprint density at radius 3 is 2.29 bits per heavy atom. The maximum Gasteiger partial charge on any atom is 0.226 e. The lowest BCUT2D eigenvalue weighted by Gasteiger charge is -2.25. The van der Waals surface area contributed by atoms with Gasteiger partial charge in [0.25, 0.3) is 0 Å². The first kappa shape index (κ1) is 17.8. The number of halogens is 1. The summed E-state index contributed by atoms with van der Waals surface area (Å²) in [6, 6.07) is 9.76. The number of benzene rings is 2. The highest BCUT2D eigenvalue weighted by molar-refractivity contribution is 5.77. The highest BCUT2D eigenvalue weighted by Gasteiger charge is 2.26. The van der Waals surface area contributed by atoms with Crippen LogP contribution in [0.4, 0.5) is 10.3 Å². The first-order chi connectivity index (χ1) is 13.6. The van der Waals surface area contributed by atoms with E-state index in [2.05, 4.69) is 15.4 Å². The van der Waals surface area contributed by atoms with E-state index in [4.69, 9.17) is 14.2 Å². The van der Waals surface area contributed by atoms with Gasteiger partial charge >= 0.3 is 0 Å². The predicted octanol–water partition coefficient (Wildman–Crippen LogP) is 3.50. The van der Waals surface area contributed by atoms with Crippen molar-refractivity contribution < 1.29 is 18.6 Å². The van der Waals surface area contributed by atoms with E-state index < -0.39 is 0 Å². The van der Waals surface area contributed by atoms with E-state index in [1.165, 1.54) is 18.5 Å². The van der Waals surface area contributed by atoms with E-state index in [1.54, 1.807) is 38.1 Å². The standard InChI is InChI=1S/C20H19FN4O3/c1-26-17-8-13(9-18(27-2)19(17)28-3)16-10-15(12-4-6-14(21)7-5-12)24-20-22-11-23-25(16)20/h4-11,16H,1-3H3,(H,22,23,24)/t16-/m1/s1. The second-order valence-electron chi connectivity index (χ2n) is 6.14. The van der Waals surface area contributed by atoms with Gasteiger partial charge in [0, 0.05) is 5.70 Å². The monoisotopic (exact) mass is 382 g/mol. The predicted molar refractivity (Wildman–Crippen MR) is 102 cm³/mol. The van der Waals surface area contributed by atoms with Crippen molar-refractivity contribution in [3.05, 3.63) is 65.7 Å². The maximum absolute atomic E-state index is 13.3. The minimum absolute atomic E-state index is 0.271. The van der Waals surface area contributed by atoms with Crippen molar-refractivity contribution >= 4 is 11.6 Å². The molecule has 144 valence electrons. The second kappa shape index (κ2) is 7.22. The lowest BCUT2D eigenvalue weighted by atomic mass is 10.0. The Hall–Kier alpha value is -3.55. The van der Waals surface area contributed by atoms with Gasteiger partial charge in [-0.25, -0.2) is 9.07 Å². The van der Waals surface area contributed by atoms with Gasteiger partial charge in [0.2, 0.25) is 11.7 Å². The minimum atomic E-state index is -0.287. The number of anilines is 1. The highest BCUT2D eigenvalue weighted by atomic mass is 19.1. The van der Waals surface area contributed by atoms with Crippen molar-refractivity contribution in [1.29, 1.82) is 0 Å². The van der Waals surface area contributed by atoms with Crippen LogP contribution in [0.2, 0.25) is 0 Å². The molecule has 0 bridgehead atoms. The Morgan fingerprint density at radius 1 is 1.00 bits per heavy atom. The SMILES string of the molecule is COc1cc([C@H]2C=C(c3ccc(F)cc3)Nc3ncnn32)cc(OC)c1OC. The van der Waals surface area contributed by atoms with E-state index in [9.17, 15) is 4.39 Å². The van der Waals surface area contributed by atoms with Crippen LogP contribution in [0.1, 0.15) is 17.2 Å². The Balaban J connectivity index is 1.84. The fourth-order valence-electron chi connectivity index (χ4n) is 3.24. The number of hydrogen-bond acceptors (Lipinski definition) is 6. The molecule has 0 saturated carbocycles. The Kier molecular flexibility index (Phi) is 4.60. The zero-order valence-corrected chi connectivity index (χ0v) is 15.6. The summed E-state index contributed by atoms with van der Waals surface area (Å²) in [5.41, 5.74) is 2.52. The fourth-order valence-corrected chi connectivity index (χ4v) is 3.24. The van der Waals surface area contributed by atoms with Crippen molar-refractivity contribution in [2.45, 2.75) is 6.04 Å². The number of hydrogen-bond donors (Lipinski definition) is 1. The van der Waals surface area contributed by atoms with Gasteiger partial charge in [0.05, 0.1) is 21.3 Å². The quantitative estimate of drug-likeness (QED) is 0.728. The van der Waals surface area contributed by atoms with Crippen LogP contribution in [-0.2, 0) is 0 Å². The summed E-state index contributed by atoms with van der Waals surface area (Å²) < 4.78 is 31.4. The fraction of sp³-hybridized carbons (Fsp3) is 0.200.